The van der Waals surface area contributed by atoms with Crippen molar-refractivity contribution < 1.29 is 14.3 Å². The zero-order chi connectivity index (χ0) is 20.1. The summed E-state index contributed by atoms with van der Waals surface area (Å²) in [6.07, 6.45) is 1.54. The fourth-order valence-electron chi connectivity index (χ4n) is 2.59. The predicted molar refractivity (Wildman–Crippen MR) is 109 cm³/mol. The minimum atomic E-state index is -0.428. The fourth-order valence-corrected chi connectivity index (χ4v) is 2.82. The molecule has 0 fully saturated rings. The number of esters is 1. The average molecular weight is 396 g/mol. The third-order valence-electron chi connectivity index (χ3n) is 4.01. The van der Waals surface area contributed by atoms with Gasteiger partial charge in [0.05, 0.1) is 12.7 Å². The monoisotopic (exact) mass is 395 g/mol. The van der Waals surface area contributed by atoms with Gasteiger partial charge in [-0.05, 0) is 61.0 Å². The SMILES string of the molecule is COC(=O)c1cccc(Nc2cc(C(=O)Nc3ccc(Cl)cc3C)ccn2)c1. The number of rotatable bonds is 5. The molecule has 0 aliphatic heterocycles. The quantitative estimate of drug-likeness (QED) is 0.605. The standard InChI is InChI=1S/C21H18ClN3O3/c1-13-10-16(22)6-7-18(13)25-20(26)14-8-9-23-19(12-14)24-17-5-3-4-15(11-17)21(27)28-2/h3-12H,1-2H3,(H,23,24)(H,25,26). The maximum absolute atomic E-state index is 12.6. The van der Waals surface area contributed by atoms with Gasteiger partial charge in [-0.2, -0.15) is 0 Å². The van der Waals surface area contributed by atoms with Crippen LogP contribution in [0.3, 0.4) is 0 Å². The van der Waals surface area contributed by atoms with E-state index in [1.807, 2.05) is 6.92 Å². The van der Waals surface area contributed by atoms with E-state index in [1.54, 1.807) is 54.6 Å². The molecule has 0 atom stereocenters. The first-order valence-electron chi connectivity index (χ1n) is 8.45. The Kier molecular flexibility index (Phi) is 5.91. The number of nitrogens with zero attached hydrogens (tertiary/aromatic N) is 1. The summed E-state index contributed by atoms with van der Waals surface area (Å²) < 4.78 is 4.72. The largest absolute Gasteiger partial charge is 0.465 e. The van der Waals surface area contributed by atoms with Crippen molar-refractivity contribution in [1.82, 2.24) is 4.98 Å². The Labute approximate surface area is 167 Å². The smallest absolute Gasteiger partial charge is 0.337 e. The van der Waals surface area contributed by atoms with Gasteiger partial charge in [0.15, 0.2) is 0 Å². The number of benzene rings is 2. The van der Waals surface area contributed by atoms with E-state index in [0.29, 0.717) is 33.3 Å². The number of hydrogen-bond acceptors (Lipinski definition) is 5. The van der Waals surface area contributed by atoms with Gasteiger partial charge in [0.1, 0.15) is 5.82 Å². The Hall–Kier alpha value is -3.38. The van der Waals surface area contributed by atoms with Gasteiger partial charge < -0.3 is 15.4 Å². The number of aryl methyl sites for hydroxylation is 1. The van der Waals surface area contributed by atoms with Gasteiger partial charge in [-0.3, -0.25) is 4.79 Å². The summed E-state index contributed by atoms with van der Waals surface area (Å²) in [5.41, 5.74) is 3.07. The lowest BCUT2D eigenvalue weighted by atomic mass is 10.1. The lowest BCUT2D eigenvalue weighted by molar-refractivity contribution is 0.0600. The van der Waals surface area contributed by atoms with Gasteiger partial charge in [-0.25, -0.2) is 9.78 Å². The van der Waals surface area contributed by atoms with Crippen LogP contribution in [0.2, 0.25) is 5.02 Å². The Morgan fingerprint density at radius 1 is 1.04 bits per heavy atom. The number of nitrogens with one attached hydrogen (secondary N) is 2. The molecule has 0 unspecified atom stereocenters. The highest BCUT2D eigenvalue weighted by Gasteiger charge is 2.10. The Morgan fingerprint density at radius 2 is 1.86 bits per heavy atom. The molecular weight excluding hydrogens is 378 g/mol. The molecule has 142 valence electrons. The van der Waals surface area contributed by atoms with E-state index < -0.39 is 5.97 Å². The van der Waals surface area contributed by atoms with Crippen LogP contribution in [0.1, 0.15) is 26.3 Å². The number of hydrogen-bond donors (Lipinski definition) is 2. The first kappa shape index (κ1) is 19.4. The molecule has 1 aromatic heterocycles. The normalized spacial score (nSPS) is 10.2. The summed E-state index contributed by atoms with van der Waals surface area (Å²) in [6, 6.07) is 15.3. The van der Waals surface area contributed by atoms with Crippen LogP contribution >= 0.6 is 11.6 Å². The molecule has 0 aliphatic rings. The minimum absolute atomic E-state index is 0.265. The molecule has 0 bridgehead atoms. The molecule has 0 saturated heterocycles. The molecule has 1 heterocycles. The summed E-state index contributed by atoms with van der Waals surface area (Å²) in [5.74, 6) is -0.218. The van der Waals surface area contributed by atoms with Crippen LogP contribution < -0.4 is 10.6 Å². The highest BCUT2D eigenvalue weighted by Crippen LogP contribution is 2.21. The minimum Gasteiger partial charge on any atom is -0.465 e. The maximum Gasteiger partial charge on any atom is 0.337 e. The van der Waals surface area contributed by atoms with Gasteiger partial charge >= 0.3 is 5.97 Å². The molecule has 0 aliphatic carbocycles. The van der Waals surface area contributed by atoms with Crippen molar-refractivity contribution >= 4 is 40.7 Å². The highest BCUT2D eigenvalue weighted by molar-refractivity contribution is 6.30. The number of amides is 1. The third-order valence-corrected chi connectivity index (χ3v) is 4.25. The number of pyridine rings is 1. The number of methoxy groups -OCH3 is 1. The molecule has 2 aromatic carbocycles. The summed E-state index contributed by atoms with van der Waals surface area (Å²) >= 11 is 5.95. The number of ether oxygens (including phenoxy) is 1. The first-order chi connectivity index (χ1) is 13.5. The van der Waals surface area contributed by atoms with Crippen LogP contribution in [0.5, 0.6) is 0 Å². The van der Waals surface area contributed by atoms with E-state index in [1.165, 1.54) is 13.3 Å². The third kappa shape index (κ3) is 4.66. The summed E-state index contributed by atoms with van der Waals surface area (Å²) in [7, 11) is 1.33. The molecule has 7 heteroatoms. The van der Waals surface area contributed by atoms with Crippen molar-refractivity contribution in [1.29, 1.82) is 0 Å². The molecule has 0 saturated carbocycles. The molecule has 0 radical (unpaired) electrons. The number of anilines is 3. The van der Waals surface area contributed by atoms with Crippen LogP contribution in [-0.2, 0) is 4.74 Å². The van der Waals surface area contributed by atoms with Crippen LogP contribution in [0.4, 0.5) is 17.2 Å². The van der Waals surface area contributed by atoms with E-state index in [-0.39, 0.29) is 5.91 Å². The summed E-state index contributed by atoms with van der Waals surface area (Å²) in [4.78, 5) is 28.5. The van der Waals surface area contributed by atoms with Crippen LogP contribution in [0, 0.1) is 6.92 Å². The second kappa shape index (κ2) is 8.54. The van der Waals surface area contributed by atoms with Crippen LogP contribution in [0.25, 0.3) is 0 Å². The average Bonchev–Trinajstić information content (AvgIpc) is 2.70. The Bertz CT molecular complexity index is 1040. The van der Waals surface area contributed by atoms with E-state index >= 15 is 0 Å². The van der Waals surface area contributed by atoms with E-state index in [0.717, 1.165) is 5.56 Å². The molecule has 0 spiro atoms. The van der Waals surface area contributed by atoms with Crippen LogP contribution in [-0.4, -0.2) is 24.0 Å². The van der Waals surface area contributed by atoms with E-state index in [4.69, 9.17) is 16.3 Å². The lowest BCUT2D eigenvalue weighted by Crippen LogP contribution is -2.13. The number of aromatic nitrogens is 1. The van der Waals surface area contributed by atoms with Crippen molar-refractivity contribution in [2.24, 2.45) is 0 Å². The summed E-state index contributed by atoms with van der Waals surface area (Å²) in [6.45, 7) is 1.87. The van der Waals surface area contributed by atoms with Gasteiger partial charge in [0.2, 0.25) is 0 Å². The predicted octanol–water partition coefficient (Wildman–Crippen LogP) is 4.83. The maximum atomic E-state index is 12.6. The van der Waals surface area contributed by atoms with Crippen molar-refractivity contribution in [2.45, 2.75) is 6.92 Å². The molecule has 2 N–H and O–H groups in total. The van der Waals surface area contributed by atoms with Crippen LogP contribution in [0.15, 0.2) is 60.8 Å². The van der Waals surface area contributed by atoms with Gasteiger partial charge in [-0.1, -0.05) is 17.7 Å². The second-order valence-electron chi connectivity index (χ2n) is 6.04. The highest BCUT2D eigenvalue weighted by atomic mass is 35.5. The first-order valence-corrected chi connectivity index (χ1v) is 8.83. The molecular formula is C21H18ClN3O3. The molecule has 28 heavy (non-hydrogen) atoms. The topological polar surface area (TPSA) is 80.3 Å². The van der Waals surface area contributed by atoms with Gasteiger partial charge in [0.25, 0.3) is 5.91 Å². The van der Waals surface area contributed by atoms with E-state index in [9.17, 15) is 9.59 Å². The fraction of sp³-hybridized carbons (Fsp3) is 0.0952. The Balaban J connectivity index is 1.77. The van der Waals surface area contributed by atoms with Crippen molar-refractivity contribution in [3.63, 3.8) is 0 Å². The zero-order valence-corrected chi connectivity index (χ0v) is 16.1. The molecule has 3 rings (SSSR count). The van der Waals surface area contributed by atoms with E-state index in [2.05, 4.69) is 15.6 Å². The Morgan fingerprint density at radius 3 is 2.61 bits per heavy atom. The van der Waals surface area contributed by atoms with Gasteiger partial charge in [0, 0.05) is 28.2 Å². The van der Waals surface area contributed by atoms with Crippen molar-refractivity contribution in [2.75, 3.05) is 17.7 Å². The number of halogens is 1. The summed E-state index contributed by atoms with van der Waals surface area (Å²) in [5, 5.41) is 6.56. The number of carbonyl (C=O) groups is 2. The molecule has 1 amide bonds. The lowest BCUT2D eigenvalue weighted by Gasteiger charge is -2.11. The molecule has 6 nitrogen and oxygen atoms in total. The number of carbonyl (C=O) groups excluding carboxylic acids is 2. The molecule has 3 aromatic rings. The van der Waals surface area contributed by atoms with Gasteiger partial charge in [-0.15, -0.1) is 0 Å². The van der Waals surface area contributed by atoms with Crippen molar-refractivity contribution in [3.8, 4) is 0 Å². The zero-order valence-electron chi connectivity index (χ0n) is 15.3. The second-order valence-corrected chi connectivity index (χ2v) is 6.48. The van der Waals surface area contributed by atoms with Crippen molar-refractivity contribution in [3.05, 3.63) is 82.5 Å².